The van der Waals surface area contributed by atoms with Gasteiger partial charge in [0.15, 0.2) is 0 Å². The average molecular weight is 265 g/mol. The number of likely N-dealkylation sites (tertiary alicyclic amines) is 1. The molecule has 0 aromatic rings. The summed E-state index contributed by atoms with van der Waals surface area (Å²) in [6, 6.07) is -0.561. The molecule has 2 rings (SSSR count). The monoisotopic (exact) mass is 265 g/mol. The van der Waals surface area contributed by atoms with Gasteiger partial charge in [0, 0.05) is 12.6 Å². The van der Waals surface area contributed by atoms with E-state index in [0.29, 0.717) is 0 Å². The number of carbonyl (C=O) groups is 2. The Morgan fingerprint density at radius 3 is 2.22 bits per heavy atom. The summed E-state index contributed by atoms with van der Waals surface area (Å²) in [5.41, 5.74) is 0. The van der Waals surface area contributed by atoms with Crippen LogP contribution in [0.25, 0.3) is 0 Å². The van der Waals surface area contributed by atoms with E-state index in [4.69, 9.17) is 5.11 Å². The molecule has 0 spiro atoms. The number of alkyl halides is 3. The topological polar surface area (TPSA) is 57.6 Å². The van der Waals surface area contributed by atoms with E-state index in [2.05, 4.69) is 0 Å². The van der Waals surface area contributed by atoms with Crippen molar-refractivity contribution in [3.05, 3.63) is 0 Å². The lowest BCUT2D eigenvalue weighted by atomic mass is 9.88. The fourth-order valence-corrected chi connectivity index (χ4v) is 2.56. The third-order valence-electron chi connectivity index (χ3n) is 3.66. The molecule has 1 aliphatic heterocycles. The number of nitrogens with zero attached hydrogens (tertiary/aromatic N) is 1. The molecule has 1 aliphatic carbocycles. The number of carbonyl (C=O) groups excluding carboxylic acids is 1. The number of hydrogen-bond donors (Lipinski definition) is 1. The smallest absolute Gasteiger partial charge is 0.471 e. The summed E-state index contributed by atoms with van der Waals surface area (Å²) < 4.78 is 37.3. The molecule has 2 aliphatic rings. The van der Waals surface area contributed by atoms with Gasteiger partial charge in [0.1, 0.15) is 0 Å². The number of carboxylic acid groups (broad SMARTS) is 1. The molecule has 0 radical (unpaired) electrons. The number of carboxylic acids is 1. The molecule has 1 saturated carbocycles. The fourth-order valence-electron chi connectivity index (χ4n) is 2.56. The highest BCUT2D eigenvalue weighted by atomic mass is 19.4. The van der Waals surface area contributed by atoms with Crippen LogP contribution in [0.3, 0.4) is 0 Å². The van der Waals surface area contributed by atoms with Gasteiger partial charge in [0.2, 0.25) is 0 Å². The van der Waals surface area contributed by atoms with Crippen LogP contribution in [-0.2, 0) is 9.59 Å². The van der Waals surface area contributed by atoms with Crippen LogP contribution in [0.15, 0.2) is 0 Å². The van der Waals surface area contributed by atoms with Gasteiger partial charge in [-0.25, -0.2) is 0 Å². The largest absolute Gasteiger partial charge is 0.481 e. The normalized spacial score (nSPS) is 29.2. The Labute approximate surface area is 102 Å². The van der Waals surface area contributed by atoms with Gasteiger partial charge in [0.25, 0.3) is 0 Å². The lowest BCUT2D eigenvalue weighted by Crippen LogP contribution is -2.52. The molecule has 1 amide bonds. The molecule has 0 unspecified atom stereocenters. The minimum Gasteiger partial charge on any atom is -0.481 e. The lowest BCUT2D eigenvalue weighted by Gasteiger charge is -2.38. The van der Waals surface area contributed by atoms with Gasteiger partial charge in [-0.2, -0.15) is 13.2 Å². The standard InChI is InChI=1S/C11H14F3NO3/c12-11(13,14)10(18)15-4-3-7(9(16)17)5-8(15)6-1-2-6/h6-8H,1-5H2,(H,16,17)/t7-,8-/m1/s1. The van der Waals surface area contributed by atoms with Crippen molar-refractivity contribution in [3.8, 4) is 0 Å². The molecule has 18 heavy (non-hydrogen) atoms. The predicted octanol–water partition coefficient (Wildman–Crippen LogP) is 1.65. The zero-order valence-corrected chi connectivity index (χ0v) is 9.61. The van der Waals surface area contributed by atoms with Crippen molar-refractivity contribution >= 4 is 11.9 Å². The van der Waals surface area contributed by atoms with Crippen molar-refractivity contribution in [1.29, 1.82) is 0 Å². The number of rotatable bonds is 2. The van der Waals surface area contributed by atoms with Crippen LogP contribution in [-0.4, -0.2) is 40.6 Å². The first-order valence-corrected chi connectivity index (χ1v) is 5.91. The molecular formula is C11H14F3NO3. The van der Waals surface area contributed by atoms with Gasteiger partial charge in [-0.15, -0.1) is 0 Å². The first-order chi connectivity index (χ1) is 8.30. The second-order valence-corrected chi connectivity index (χ2v) is 4.96. The van der Waals surface area contributed by atoms with Crippen molar-refractivity contribution in [1.82, 2.24) is 4.90 Å². The average Bonchev–Trinajstić information content (AvgIpc) is 3.09. The molecule has 2 atom stereocenters. The molecule has 0 aromatic carbocycles. The van der Waals surface area contributed by atoms with E-state index in [1.807, 2.05) is 0 Å². The molecule has 1 N–H and O–H groups in total. The van der Waals surface area contributed by atoms with E-state index in [1.54, 1.807) is 0 Å². The second kappa shape index (κ2) is 4.44. The number of hydrogen-bond acceptors (Lipinski definition) is 2. The maximum absolute atomic E-state index is 12.4. The first kappa shape index (κ1) is 13.2. The molecular weight excluding hydrogens is 251 g/mol. The van der Waals surface area contributed by atoms with Crippen molar-refractivity contribution in [2.45, 2.75) is 37.9 Å². The lowest BCUT2D eigenvalue weighted by molar-refractivity contribution is -0.190. The van der Waals surface area contributed by atoms with E-state index in [1.165, 1.54) is 0 Å². The Bertz CT molecular complexity index is 365. The molecule has 102 valence electrons. The van der Waals surface area contributed by atoms with E-state index >= 15 is 0 Å². The van der Waals surface area contributed by atoms with Crippen molar-refractivity contribution < 1.29 is 27.9 Å². The maximum atomic E-state index is 12.4. The summed E-state index contributed by atoms with van der Waals surface area (Å²) in [5.74, 6) is -3.41. The highest BCUT2D eigenvalue weighted by Gasteiger charge is 2.50. The van der Waals surface area contributed by atoms with Gasteiger partial charge >= 0.3 is 18.1 Å². The quantitative estimate of drug-likeness (QED) is 0.826. The van der Waals surface area contributed by atoms with Crippen molar-refractivity contribution in [2.24, 2.45) is 11.8 Å². The molecule has 1 saturated heterocycles. The van der Waals surface area contributed by atoms with Gasteiger partial charge in [-0.3, -0.25) is 9.59 Å². The van der Waals surface area contributed by atoms with Crippen LogP contribution < -0.4 is 0 Å². The van der Waals surface area contributed by atoms with Crippen LogP contribution in [0.2, 0.25) is 0 Å². The molecule has 2 fully saturated rings. The third-order valence-corrected chi connectivity index (χ3v) is 3.66. The minimum atomic E-state index is -4.87. The molecule has 7 heteroatoms. The molecule has 4 nitrogen and oxygen atoms in total. The Kier molecular flexibility index (Phi) is 3.25. The van der Waals surface area contributed by atoms with E-state index < -0.39 is 30.0 Å². The minimum absolute atomic E-state index is 0.0402. The summed E-state index contributed by atoms with van der Waals surface area (Å²) in [6.07, 6.45) is -3.08. The van der Waals surface area contributed by atoms with E-state index in [9.17, 15) is 22.8 Å². The summed E-state index contributed by atoms with van der Waals surface area (Å²) in [6.45, 7) is -0.115. The second-order valence-electron chi connectivity index (χ2n) is 4.96. The van der Waals surface area contributed by atoms with Crippen LogP contribution in [0.1, 0.15) is 25.7 Å². The van der Waals surface area contributed by atoms with Crippen LogP contribution in [0.5, 0.6) is 0 Å². The zero-order valence-electron chi connectivity index (χ0n) is 9.61. The maximum Gasteiger partial charge on any atom is 0.471 e. The van der Waals surface area contributed by atoms with Crippen LogP contribution in [0.4, 0.5) is 13.2 Å². The number of piperidine rings is 1. The Morgan fingerprint density at radius 1 is 1.17 bits per heavy atom. The SMILES string of the molecule is O=C(O)[C@@H]1CCN(C(=O)C(F)(F)F)[C@@H](C2CC2)C1. The van der Waals surface area contributed by atoms with Crippen molar-refractivity contribution in [2.75, 3.05) is 6.54 Å². The summed E-state index contributed by atoms with van der Waals surface area (Å²) >= 11 is 0. The first-order valence-electron chi connectivity index (χ1n) is 5.91. The highest BCUT2D eigenvalue weighted by Crippen LogP contribution is 2.42. The van der Waals surface area contributed by atoms with Gasteiger partial charge in [0.05, 0.1) is 5.92 Å². The molecule has 1 heterocycles. The summed E-state index contributed by atoms with van der Waals surface area (Å²) in [5, 5.41) is 8.92. The van der Waals surface area contributed by atoms with Crippen LogP contribution >= 0.6 is 0 Å². The van der Waals surface area contributed by atoms with Crippen molar-refractivity contribution in [3.63, 3.8) is 0 Å². The fraction of sp³-hybridized carbons (Fsp3) is 0.818. The third kappa shape index (κ3) is 2.59. The van der Waals surface area contributed by atoms with Crippen LogP contribution in [0, 0.1) is 11.8 Å². The van der Waals surface area contributed by atoms with E-state index in [0.717, 1.165) is 17.7 Å². The predicted molar refractivity (Wildman–Crippen MR) is 54.6 cm³/mol. The van der Waals surface area contributed by atoms with Gasteiger partial charge < -0.3 is 10.0 Å². The molecule has 0 bridgehead atoms. The number of halogens is 3. The number of amides is 1. The van der Waals surface area contributed by atoms with Gasteiger partial charge in [-0.1, -0.05) is 0 Å². The highest BCUT2D eigenvalue weighted by molar-refractivity contribution is 5.82. The Balaban J connectivity index is 2.11. The van der Waals surface area contributed by atoms with E-state index in [-0.39, 0.29) is 25.3 Å². The number of aliphatic carboxylic acids is 1. The van der Waals surface area contributed by atoms with Gasteiger partial charge in [-0.05, 0) is 31.6 Å². The molecule has 0 aromatic heterocycles. The summed E-state index contributed by atoms with van der Waals surface area (Å²) in [7, 11) is 0. The Morgan fingerprint density at radius 2 is 1.78 bits per heavy atom. The Hall–Kier alpha value is -1.27. The summed E-state index contributed by atoms with van der Waals surface area (Å²) in [4.78, 5) is 23.0. The zero-order chi connectivity index (χ0) is 13.5.